The summed E-state index contributed by atoms with van der Waals surface area (Å²) < 4.78 is 5.18. The number of hydrogen-bond acceptors (Lipinski definition) is 2. The molecule has 0 aromatic heterocycles. The average molecular weight is 281 g/mol. The van der Waals surface area contributed by atoms with E-state index in [-0.39, 0.29) is 17.4 Å². The van der Waals surface area contributed by atoms with Gasteiger partial charge in [0, 0.05) is 5.69 Å². The van der Waals surface area contributed by atoms with Gasteiger partial charge in [0.05, 0.1) is 18.6 Å². The van der Waals surface area contributed by atoms with Crippen LogP contribution in [0.15, 0.2) is 54.6 Å². The van der Waals surface area contributed by atoms with Crippen molar-refractivity contribution >= 4 is 11.6 Å². The van der Waals surface area contributed by atoms with Crippen LogP contribution < -0.4 is 9.64 Å². The fraction of sp³-hybridized carbons (Fsp3) is 0.278. The van der Waals surface area contributed by atoms with Crippen LogP contribution >= 0.6 is 0 Å². The number of carbonyl (C=O) groups is 1. The van der Waals surface area contributed by atoms with Crippen molar-refractivity contribution in [2.75, 3.05) is 12.0 Å². The smallest absolute Gasteiger partial charge is 0.235 e. The highest BCUT2D eigenvalue weighted by atomic mass is 16.5. The van der Waals surface area contributed by atoms with Gasteiger partial charge in [-0.2, -0.15) is 0 Å². The van der Waals surface area contributed by atoms with Crippen LogP contribution in [-0.2, 0) is 4.79 Å². The van der Waals surface area contributed by atoms with Gasteiger partial charge in [-0.15, -0.1) is 0 Å². The maximum absolute atomic E-state index is 12.5. The molecule has 108 valence electrons. The number of nitrogens with zero attached hydrogens (tertiary/aromatic N) is 1. The van der Waals surface area contributed by atoms with Crippen LogP contribution in [0.3, 0.4) is 0 Å². The zero-order valence-corrected chi connectivity index (χ0v) is 12.5. The van der Waals surface area contributed by atoms with Crippen molar-refractivity contribution in [2.24, 2.45) is 5.41 Å². The molecule has 1 saturated heterocycles. The van der Waals surface area contributed by atoms with Gasteiger partial charge in [-0.05, 0) is 43.7 Å². The molecule has 0 radical (unpaired) electrons. The number of benzene rings is 2. The highest BCUT2D eigenvalue weighted by molar-refractivity contribution is 6.05. The fourth-order valence-electron chi connectivity index (χ4n) is 3.01. The molecule has 0 saturated carbocycles. The molecular formula is C18H19NO2. The Morgan fingerprint density at radius 3 is 2.19 bits per heavy atom. The molecule has 2 aromatic carbocycles. The van der Waals surface area contributed by atoms with E-state index in [1.807, 2.05) is 61.2 Å². The van der Waals surface area contributed by atoms with E-state index in [0.29, 0.717) is 0 Å². The summed E-state index contributed by atoms with van der Waals surface area (Å²) in [4.78, 5) is 14.4. The number of carbonyl (C=O) groups excluding carboxylic acids is 1. The molecule has 1 fully saturated rings. The lowest BCUT2D eigenvalue weighted by atomic mass is 9.70. The van der Waals surface area contributed by atoms with Crippen molar-refractivity contribution in [1.29, 1.82) is 0 Å². The molecule has 0 N–H and O–H groups in total. The molecule has 0 aliphatic carbocycles. The number of amides is 1. The predicted molar refractivity (Wildman–Crippen MR) is 83.4 cm³/mol. The quantitative estimate of drug-likeness (QED) is 0.801. The Balaban J connectivity index is 1.98. The van der Waals surface area contributed by atoms with E-state index in [2.05, 4.69) is 12.1 Å². The number of β-lactam (4-membered cyclic amide) rings is 1. The third-order valence-corrected chi connectivity index (χ3v) is 4.18. The van der Waals surface area contributed by atoms with Gasteiger partial charge in [0.25, 0.3) is 0 Å². The number of rotatable bonds is 3. The van der Waals surface area contributed by atoms with Gasteiger partial charge in [0.15, 0.2) is 0 Å². The van der Waals surface area contributed by atoms with E-state index >= 15 is 0 Å². The molecule has 1 aliphatic heterocycles. The van der Waals surface area contributed by atoms with Crippen molar-refractivity contribution in [3.05, 3.63) is 60.2 Å². The van der Waals surface area contributed by atoms with Gasteiger partial charge >= 0.3 is 0 Å². The maximum atomic E-state index is 12.5. The minimum Gasteiger partial charge on any atom is -0.497 e. The largest absolute Gasteiger partial charge is 0.497 e. The van der Waals surface area contributed by atoms with Crippen LogP contribution in [-0.4, -0.2) is 13.0 Å². The summed E-state index contributed by atoms with van der Waals surface area (Å²) in [5.41, 5.74) is 1.70. The first-order valence-corrected chi connectivity index (χ1v) is 7.08. The Morgan fingerprint density at radius 1 is 1.00 bits per heavy atom. The topological polar surface area (TPSA) is 29.5 Å². The second-order valence-corrected chi connectivity index (χ2v) is 5.91. The lowest BCUT2D eigenvalue weighted by molar-refractivity contribution is -0.137. The number of ether oxygens (including phenoxy) is 1. The minimum absolute atomic E-state index is 0.0691. The number of anilines is 1. The Morgan fingerprint density at radius 2 is 1.62 bits per heavy atom. The van der Waals surface area contributed by atoms with Crippen molar-refractivity contribution in [3.8, 4) is 5.75 Å². The number of hydrogen-bond donors (Lipinski definition) is 0. The predicted octanol–water partition coefficient (Wildman–Crippen LogP) is 3.81. The van der Waals surface area contributed by atoms with Crippen LogP contribution in [0.2, 0.25) is 0 Å². The highest BCUT2D eigenvalue weighted by Crippen LogP contribution is 2.51. The van der Waals surface area contributed by atoms with Crippen molar-refractivity contribution in [1.82, 2.24) is 0 Å². The zero-order valence-electron chi connectivity index (χ0n) is 12.5. The Labute approximate surface area is 125 Å². The van der Waals surface area contributed by atoms with E-state index in [1.165, 1.54) is 0 Å². The minimum atomic E-state index is -0.374. The average Bonchev–Trinajstić information content (AvgIpc) is 2.52. The lowest BCUT2D eigenvalue weighted by Crippen LogP contribution is -2.61. The SMILES string of the molecule is COc1ccc(N2C(=O)C(C)(C)[C@@H]2c2ccccc2)cc1. The standard InChI is InChI=1S/C18H19NO2/c1-18(2)16(13-7-5-4-6-8-13)19(17(18)20)14-9-11-15(21-3)12-10-14/h4-12,16H,1-3H3/t16-/m0/s1. The molecule has 3 rings (SSSR count). The summed E-state index contributed by atoms with van der Waals surface area (Å²) in [5.74, 6) is 0.948. The molecule has 0 bridgehead atoms. The summed E-state index contributed by atoms with van der Waals surface area (Å²) in [6.45, 7) is 4.01. The van der Waals surface area contributed by atoms with E-state index in [1.54, 1.807) is 7.11 Å². The molecule has 1 heterocycles. The van der Waals surface area contributed by atoms with Gasteiger partial charge in [-0.25, -0.2) is 0 Å². The van der Waals surface area contributed by atoms with Crippen LogP contribution in [0.5, 0.6) is 5.75 Å². The first kappa shape index (κ1) is 13.7. The van der Waals surface area contributed by atoms with E-state index < -0.39 is 0 Å². The van der Waals surface area contributed by atoms with Crippen molar-refractivity contribution in [2.45, 2.75) is 19.9 Å². The first-order valence-electron chi connectivity index (χ1n) is 7.08. The molecule has 1 aliphatic rings. The molecule has 21 heavy (non-hydrogen) atoms. The second-order valence-electron chi connectivity index (χ2n) is 5.91. The summed E-state index contributed by atoms with van der Waals surface area (Å²) >= 11 is 0. The van der Waals surface area contributed by atoms with Crippen molar-refractivity contribution in [3.63, 3.8) is 0 Å². The lowest BCUT2D eigenvalue weighted by Gasteiger charge is -2.53. The van der Waals surface area contributed by atoms with Crippen LogP contribution in [0.1, 0.15) is 25.5 Å². The molecule has 3 heteroatoms. The summed E-state index contributed by atoms with van der Waals surface area (Å²) in [6.07, 6.45) is 0. The number of methoxy groups -OCH3 is 1. The van der Waals surface area contributed by atoms with Crippen molar-refractivity contribution < 1.29 is 9.53 Å². The fourth-order valence-corrected chi connectivity index (χ4v) is 3.01. The summed E-state index contributed by atoms with van der Waals surface area (Å²) in [5, 5.41) is 0. The third kappa shape index (κ3) is 2.09. The van der Waals surface area contributed by atoms with Gasteiger partial charge in [-0.3, -0.25) is 4.79 Å². The zero-order chi connectivity index (χ0) is 15.0. The molecule has 1 atom stereocenters. The molecule has 1 amide bonds. The molecular weight excluding hydrogens is 262 g/mol. The van der Waals surface area contributed by atoms with E-state index in [9.17, 15) is 4.79 Å². The van der Waals surface area contributed by atoms with Crippen LogP contribution in [0.4, 0.5) is 5.69 Å². The molecule has 0 unspecified atom stereocenters. The van der Waals surface area contributed by atoms with Gasteiger partial charge in [0.2, 0.25) is 5.91 Å². The molecule has 3 nitrogen and oxygen atoms in total. The van der Waals surface area contributed by atoms with E-state index in [4.69, 9.17) is 4.74 Å². The van der Waals surface area contributed by atoms with Crippen LogP contribution in [0, 0.1) is 5.41 Å². The van der Waals surface area contributed by atoms with E-state index in [0.717, 1.165) is 17.0 Å². The summed E-state index contributed by atoms with van der Waals surface area (Å²) in [6, 6.07) is 17.9. The highest BCUT2D eigenvalue weighted by Gasteiger charge is 2.55. The normalized spacial score (nSPS) is 20.0. The Bertz CT molecular complexity index is 647. The molecule has 0 spiro atoms. The molecule has 2 aromatic rings. The van der Waals surface area contributed by atoms with Crippen LogP contribution in [0.25, 0.3) is 0 Å². The maximum Gasteiger partial charge on any atom is 0.235 e. The van der Waals surface area contributed by atoms with Gasteiger partial charge in [0.1, 0.15) is 5.75 Å². The Hall–Kier alpha value is -2.29. The van der Waals surface area contributed by atoms with Gasteiger partial charge in [-0.1, -0.05) is 30.3 Å². The summed E-state index contributed by atoms with van der Waals surface area (Å²) in [7, 11) is 1.64. The second kappa shape index (κ2) is 4.92. The third-order valence-electron chi connectivity index (χ3n) is 4.18. The first-order chi connectivity index (χ1) is 10.1. The van der Waals surface area contributed by atoms with Gasteiger partial charge < -0.3 is 9.64 Å². The monoisotopic (exact) mass is 281 g/mol. The Kier molecular flexibility index (Phi) is 3.20.